The van der Waals surface area contributed by atoms with Crippen LogP contribution in [0.1, 0.15) is 44.2 Å². The number of phenolic OH excluding ortho intramolecular Hbond substituents is 1. The summed E-state index contributed by atoms with van der Waals surface area (Å²) in [6, 6.07) is 25.4. The van der Waals surface area contributed by atoms with Gasteiger partial charge in [-0.25, -0.2) is 0 Å². The van der Waals surface area contributed by atoms with E-state index in [4.69, 9.17) is 0 Å². The third kappa shape index (κ3) is 5.12. The van der Waals surface area contributed by atoms with E-state index in [0.29, 0.717) is 14.3 Å². The number of rotatable bonds is 9. The highest BCUT2D eigenvalue weighted by Crippen LogP contribution is 2.51. The van der Waals surface area contributed by atoms with Gasteiger partial charge in [0.25, 0.3) is 0 Å². The van der Waals surface area contributed by atoms with E-state index in [9.17, 15) is 5.11 Å². The molecular formula is C27H34NOP. The zero-order chi connectivity index (χ0) is 21.6. The second kappa shape index (κ2) is 10.2. The zero-order valence-electron chi connectivity index (χ0n) is 18.7. The Morgan fingerprint density at radius 3 is 2.23 bits per heavy atom. The first-order valence-corrected chi connectivity index (χ1v) is 11.9. The molecule has 0 aliphatic rings. The average Bonchev–Trinajstić information content (AvgIpc) is 2.75. The first-order chi connectivity index (χ1) is 14.5. The average molecular weight is 420 g/mol. The van der Waals surface area contributed by atoms with Crippen molar-refractivity contribution in [3.8, 4) is 16.9 Å². The third-order valence-electron chi connectivity index (χ3n) is 5.78. The molecule has 0 aliphatic carbocycles. The lowest BCUT2D eigenvalue weighted by molar-refractivity contribution is 0.403. The third-order valence-corrected chi connectivity index (χ3v) is 7.89. The van der Waals surface area contributed by atoms with E-state index in [1.165, 1.54) is 22.0 Å². The fourth-order valence-corrected chi connectivity index (χ4v) is 6.16. The van der Waals surface area contributed by atoms with E-state index in [1.54, 1.807) is 0 Å². The van der Waals surface area contributed by atoms with Crippen molar-refractivity contribution in [2.75, 3.05) is 14.1 Å². The summed E-state index contributed by atoms with van der Waals surface area (Å²) < 4.78 is 0. The summed E-state index contributed by atoms with van der Waals surface area (Å²) in [5.74, 6) is 0.419. The highest BCUT2D eigenvalue weighted by Gasteiger charge is 2.33. The van der Waals surface area contributed by atoms with E-state index >= 15 is 0 Å². The van der Waals surface area contributed by atoms with Crippen molar-refractivity contribution in [1.29, 1.82) is 0 Å². The molecule has 0 aliphatic heterocycles. The Hall–Kier alpha value is -2.15. The Balaban J connectivity index is 2.09. The second-order valence-corrected chi connectivity index (χ2v) is 10.0. The highest BCUT2D eigenvalue weighted by molar-refractivity contribution is 7.48. The Kier molecular flexibility index (Phi) is 7.69. The van der Waals surface area contributed by atoms with Crippen LogP contribution in [0.4, 0.5) is 0 Å². The fraction of sp³-hybridized carbons (Fsp3) is 0.333. The number of hydrogen-bond acceptors (Lipinski definition) is 2. The molecule has 0 saturated carbocycles. The Bertz CT molecular complexity index is 954. The van der Waals surface area contributed by atoms with Gasteiger partial charge in [-0.3, -0.25) is 0 Å². The Morgan fingerprint density at radius 1 is 0.867 bits per heavy atom. The number of phenols is 1. The molecule has 3 aromatic carbocycles. The van der Waals surface area contributed by atoms with Crippen LogP contribution in [0.2, 0.25) is 0 Å². The Labute approximate surface area is 183 Å². The fourth-order valence-electron chi connectivity index (χ4n) is 4.26. The van der Waals surface area contributed by atoms with Gasteiger partial charge in [-0.2, -0.15) is 0 Å². The molecule has 0 heterocycles. The van der Waals surface area contributed by atoms with Crippen molar-refractivity contribution in [3.05, 3.63) is 83.9 Å². The zero-order valence-corrected chi connectivity index (χ0v) is 19.7. The lowest BCUT2D eigenvalue weighted by atomic mass is 9.88. The quantitative estimate of drug-likeness (QED) is 0.399. The predicted molar refractivity (Wildman–Crippen MR) is 132 cm³/mol. The topological polar surface area (TPSA) is 23.5 Å². The first-order valence-electron chi connectivity index (χ1n) is 10.9. The van der Waals surface area contributed by atoms with Gasteiger partial charge in [-0.05, 0) is 61.1 Å². The van der Waals surface area contributed by atoms with Crippen LogP contribution in [0.5, 0.6) is 5.75 Å². The highest BCUT2D eigenvalue weighted by atomic mass is 31.1. The van der Waals surface area contributed by atoms with Crippen LogP contribution in [0, 0.1) is 0 Å². The van der Waals surface area contributed by atoms with Gasteiger partial charge in [-0.1, -0.05) is 89.5 Å². The van der Waals surface area contributed by atoms with Gasteiger partial charge >= 0.3 is 0 Å². The van der Waals surface area contributed by atoms with Gasteiger partial charge in [0.1, 0.15) is 5.75 Å². The maximum absolute atomic E-state index is 11.0. The number of aromatic hydroxyl groups is 1. The summed E-state index contributed by atoms with van der Waals surface area (Å²) in [6.45, 7) is 5.45. The molecule has 158 valence electrons. The standard InChI is InChI=1S/C27H34NOP/c1-5-18-27(6-2,30-26-15-11-10-14-23(26)20-28(3)4)24-19-22(16-17-25(24)29)21-12-8-7-9-13-21/h7-17,19,29-30H,5-6,18,20H2,1-4H3. The molecule has 2 unspecified atom stereocenters. The van der Waals surface area contributed by atoms with Crippen LogP contribution < -0.4 is 5.30 Å². The molecule has 1 N–H and O–H groups in total. The van der Waals surface area contributed by atoms with Crippen LogP contribution in [0.25, 0.3) is 11.1 Å². The van der Waals surface area contributed by atoms with Crippen molar-refractivity contribution < 1.29 is 5.11 Å². The molecule has 3 heteroatoms. The summed E-state index contributed by atoms with van der Waals surface area (Å²) >= 11 is 0. The van der Waals surface area contributed by atoms with Crippen LogP contribution in [-0.2, 0) is 11.7 Å². The minimum Gasteiger partial charge on any atom is -0.508 e. The maximum atomic E-state index is 11.0. The second-order valence-electron chi connectivity index (χ2n) is 8.30. The van der Waals surface area contributed by atoms with Crippen molar-refractivity contribution in [1.82, 2.24) is 4.90 Å². The van der Waals surface area contributed by atoms with Gasteiger partial charge in [0.05, 0.1) is 0 Å². The normalized spacial score (nSPS) is 13.8. The SMILES string of the molecule is CCCC(CC)(Pc1ccccc1CN(C)C)c1cc(-c2ccccc2)ccc1O. The van der Waals surface area contributed by atoms with E-state index in [0.717, 1.165) is 31.4 Å². The van der Waals surface area contributed by atoms with Gasteiger partial charge in [0.2, 0.25) is 0 Å². The van der Waals surface area contributed by atoms with E-state index in [2.05, 4.69) is 87.4 Å². The molecule has 0 aromatic heterocycles. The molecule has 0 bridgehead atoms. The molecule has 3 rings (SSSR count). The molecule has 30 heavy (non-hydrogen) atoms. The lowest BCUT2D eigenvalue weighted by Gasteiger charge is -2.35. The smallest absolute Gasteiger partial charge is 0.119 e. The Morgan fingerprint density at radius 2 is 1.57 bits per heavy atom. The van der Waals surface area contributed by atoms with E-state index in [-0.39, 0.29) is 5.16 Å². The predicted octanol–water partition coefficient (Wildman–Crippen LogP) is 6.53. The molecule has 0 amide bonds. The summed E-state index contributed by atoms with van der Waals surface area (Å²) in [6.07, 6.45) is 3.15. The molecular weight excluding hydrogens is 385 g/mol. The van der Waals surface area contributed by atoms with Crippen LogP contribution in [-0.4, -0.2) is 24.1 Å². The largest absolute Gasteiger partial charge is 0.508 e. The molecule has 0 radical (unpaired) electrons. The molecule has 0 spiro atoms. The van der Waals surface area contributed by atoms with Crippen molar-refractivity contribution in [2.45, 2.75) is 44.8 Å². The van der Waals surface area contributed by atoms with Crippen molar-refractivity contribution >= 4 is 13.9 Å². The summed E-state index contributed by atoms with van der Waals surface area (Å²) in [5.41, 5.74) is 4.83. The monoisotopic (exact) mass is 419 g/mol. The van der Waals surface area contributed by atoms with Gasteiger partial charge < -0.3 is 10.0 Å². The van der Waals surface area contributed by atoms with Crippen LogP contribution >= 0.6 is 8.58 Å². The minimum atomic E-state index is -0.0635. The van der Waals surface area contributed by atoms with Crippen LogP contribution in [0.3, 0.4) is 0 Å². The molecule has 3 aromatic rings. The summed E-state index contributed by atoms with van der Waals surface area (Å²) in [7, 11) is 4.85. The minimum absolute atomic E-state index is 0.0635. The first kappa shape index (κ1) is 22.5. The van der Waals surface area contributed by atoms with Crippen LogP contribution in [0.15, 0.2) is 72.8 Å². The molecule has 0 saturated heterocycles. The molecule has 0 fully saturated rings. The number of benzene rings is 3. The van der Waals surface area contributed by atoms with E-state index < -0.39 is 0 Å². The van der Waals surface area contributed by atoms with Gasteiger partial charge in [-0.15, -0.1) is 0 Å². The number of hydrogen-bond donors (Lipinski definition) is 1. The summed E-state index contributed by atoms with van der Waals surface area (Å²) in [4.78, 5) is 2.23. The van der Waals surface area contributed by atoms with Gasteiger partial charge in [0.15, 0.2) is 0 Å². The van der Waals surface area contributed by atoms with Crippen molar-refractivity contribution in [3.63, 3.8) is 0 Å². The maximum Gasteiger partial charge on any atom is 0.119 e. The van der Waals surface area contributed by atoms with Crippen molar-refractivity contribution in [2.24, 2.45) is 0 Å². The molecule has 2 atom stereocenters. The van der Waals surface area contributed by atoms with E-state index in [1.807, 2.05) is 18.2 Å². The van der Waals surface area contributed by atoms with Gasteiger partial charge in [0, 0.05) is 17.3 Å². The summed E-state index contributed by atoms with van der Waals surface area (Å²) in [5, 5.41) is 12.3. The lowest BCUT2D eigenvalue weighted by Crippen LogP contribution is -2.25. The molecule has 2 nitrogen and oxygen atoms in total. The number of nitrogens with zero attached hydrogens (tertiary/aromatic N) is 1.